The molecule has 2 rings (SSSR count). The number of nitrogens with zero attached hydrogens (tertiary/aromatic N) is 2. The molecule has 0 radical (unpaired) electrons. The number of rotatable bonds is 4. The molecule has 3 nitrogen and oxygen atoms in total. The summed E-state index contributed by atoms with van der Waals surface area (Å²) in [5, 5.41) is 3.97. The predicted molar refractivity (Wildman–Crippen MR) is 71.9 cm³/mol. The maximum Gasteiger partial charge on any atom is 0.207 e. The average molecular weight is 248 g/mol. The number of aryl methyl sites for hydroxylation is 1. The lowest BCUT2D eigenvalue weighted by Gasteiger charge is -2.09. The van der Waals surface area contributed by atoms with Gasteiger partial charge in [-0.05, 0) is 24.6 Å². The molecule has 0 aliphatic rings. The minimum atomic E-state index is 0.724. The van der Waals surface area contributed by atoms with Crippen LogP contribution in [-0.2, 0) is 6.54 Å². The largest absolute Gasteiger partial charge is 0.326 e. The van der Waals surface area contributed by atoms with E-state index >= 15 is 0 Å². The molecule has 4 heteroatoms. The molecular weight excluding hydrogens is 234 g/mol. The summed E-state index contributed by atoms with van der Waals surface area (Å²) in [6.07, 6.45) is 5.48. The van der Waals surface area contributed by atoms with Crippen LogP contribution in [-0.4, -0.2) is 9.55 Å². The Balaban J connectivity index is 2.22. The van der Waals surface area contributed by atoms with Gasteiger partial charge in [-0.1, -0.05) is 23.7 Å². The Bertz CT molecular complexity index is 531. The van der Waals surface area contributed by atoms with Gasteiger partial charge in [0.25, 0.3) is 0 Å². The highest BCUT2D eigenvalue weighted by atomic mass is 35.5. The zero-order valence-corrected chi connectivity index (χ0v) is 10.4. The zero-order valence-electron chi connectivity index (χ0n) is 9.65. The number of hydrogen-bond acceptors (Lipinski definition) is 2. The van der Waals surface area contributed by atoms with Gasteiger partial charge in [-0.3, -0.25) is 0 Å². The molecule has 0 aliphatic carbocycles. The maximum absolute atomic E-state index is 6.07. The van der Waals surface area contributed by atoms with Crippen molar-refractivity contribution in [2.75, 3.05) is 5.32 Å². The molecule has 0 fully saturated rings. The number of allylic oxidation sites excluding steroid dienone is 1. The van der Waals surface area contributed by atoms with Crippen molar-refractivity contribution in [3.05, 3.63) is 53.8 Å². The van der Waals surface area contributed by atoms with Crippen molar-refractivity contribution in [3.63, 3.8) is 0 Å². The predicted octanol–water partition coefficient (Wildman–Crippen LogP) is 3.77. The first-order valence-corrected chi connectivity index (χ1v) is 5.73. The van der Waals surface area contributed by atoms with Crippen LogP contribution in [0.2, 0.25) is 5.02 Å². The topological polar surface area (TPSA) is 29.9 Å². The first kappa shape index (κ1) is 11.7. The van der Waals surface area contributed by atoms with Crippen LogP contribution in [0.5, 0.6) is 0 Å². The van der Waals surface area contributed by atoms with Crippen molar-refractivity contribution < 1.29 is 0 Å². The second-order valence-corrected chi connectivity index (χ2v) is 4.19. The summed E-state index contributed by atoms with van der Waals surface area (Å²) in [5.41, 5.74) is 1.99. The Morgan fingerprint density at radius 1 is 1.53 bits per heavy atom. The second kappa shape index (κ2) is 5.06. The van der Waals surface area contributed by atoms with Crippen molar-refractivity contribution in [3.8, 4) is 0 Å². The van der Waals surface area contributed by atoms with Gasteiger partial charge >= 0.3 is 0 Å². The fourth-order valence-corrected chi connectivity index (χ4v) is 1.70. The van der Waals surface area contributed by atoms with Crippen LogP contribution in [0, 0.1) is 6.92 Å². The molecule has 0 saturated heterocycles. The van der Waals surface area contributed by atoms with Crippen molar-refractivity contribution in [2.45, 2.75) is 13.5 Å². The molecule has 17 heavy (non-hydrogen) atoms. The minimum absolute atomic E-state index is 0.724. The lowest BCUT2D eigenvalue weighted by Crippen LogP contribution is -2.01. The standard InChI is InChI=1S/C13H14ClN3/c1-3-7-17-8-6-15-13(17)16-11-5-4-10(2)12(14)9-11/h3-6,8-9H,1,7H2,2H3,(H,15,16). The first-order chi connectivity index (χ1) is 8.20. The summed E-state index contributed by atoms with van der Waals surface area (Å²) in [4.78, 5) is 4.24. The molecule has 2 aromatic rings. The van der Waals surface area contributed by atoms with Gasteiger partial charge in [0.1, 0.15) is 0 Å². The van der Waals surface area contributed by atoms with Gasteiger partial charge in [-0.15, -0.1) is 6.58 Å². The monoisotopic (exact) mass is 247 g/mol. The molecule has 0 bridgehead atoms. The number of hydrogen-bond donors (Lipinski definition) is 1. The van der Waals surface area contributed by atoms with Gasteiger partial charge in [-0.25, -0.2) is 4.98 Å². The minimum Gasteiger partial charge on any atom is -0.326 e. The van der Waals surface area contributed by atoms with E-state index in [4.69, 9.17) is 11.6 Å². The summed E-state index contributed by atoms with van der Waals surface area (Å²) < 4.78 is 1.97. The van der Waals surface area contributed by atoms with Crippen LogP contribution in [0.15, 0.2) is 43.2 Å². The van der Waals surface area contributed by atoms with E-state index in [1.807, 2.05) is 42.0 Å². The number of imidazole rings is 1. The highest BCUT2D eigenvalue weighted by Crippen LogP contribution is 2.22. The summed E-state index contributed by atoms with van der Waals surface area (Å²) in [5.74, 6) is 0.782. The van der Waals surface area contributed by atoms with Crippen LogP contribution in [0.25, 0.3) is 0 Å². The van der Waals surface area contributed by atoms with Crippen LogP contribution < -0.4 is 5.32 Å². The zero-order chi connectivity index (χ0) is 12.3. The Morgan fingerprint density at radius 3 is 3.06 bits per heavy atom. The van der Waals surface area contributed by atoms with Gasteiger partial charge in [0.05, 0.1) is 0 Å². The average Bonchev–Trinajstić information content (AvgIpc) is 2.72. The van der Waals surface area contributed by atoms with Crippen molar-refractivity contribution in [2.24, 2.45) is 0 Å². The van der Waals surface area contributed by atoms with E-state index in [1.165, 1.54) is 0 Å². The molecular formula is C13H14ClN3. The van der Waals surface area contributed by atoms with Gasteiger partial charge in [0.2, 0.25) is 5.95 Å². The molecule has 1 aromatic heterocycles. The van der Waals surface area contributed by atoms with Crippen molar-refractivity contribution >= 4 is 23.2 Å². The number of anilines is 2. The molecule has 0 saturated carbocycles. The Hall–Kier alpha value is -1.74. The lowest BCUT2D eigenvalue weighted by molar-refractivity contribution is 0.833. The first-order valence-electron chi connectivity index (χ1n) is 5.36. The highest BCUT2D eigenvalue weighted by Gasteiger charge is 2.03. The fourth-order valence-electron chi connectivity index (χ4n) is 1.52. The molecule has 88 valence electrons. The maximum atomic E-state index is 6.07. The fraction of sp³-hybridized carbons (Fsp3) is 0.154. The van der Waals surface area contributed by atoms with Crippen molar-refractivity contribution in [1.29, 1.82) is 0 Å². The lowest BCUT2D eigenvalue weighted by atomic mass is 10.2. The normalized spacial score (nSPS) is 10.2. The Kier molecular flexibility index (Phi) is 3.49. The summed E-state index contributed by atoms with van der Waals surface area (Å²) >= 11 is 6.07. The number of nitrogens with one attached hydrogen (secondary N) is 1. The number of aromatic nitrogens is 2. The molecule has 0 spiro atoms. The van der Waals surface area contributed by atoms with Crippen LogP contribution in [0.3, 0.4) is 0 Å². The molecule has 1 N–H and O–H groups in total. The smallest absolute Gasteiger partial charge is 0.207 e. The number of benzene rings is 1. The molecule has 0 unspecified atom stereocenters. The van der Waals surface area contributed by atoms with Crippen LogP contribution >= 0.6 is 11.6 Å². The van der Waals surface area contributed by atoms with E-state index < -0.39 is 0 Å². The van der Waals surface area contributed by atoms with E-state index in [-0.39, 0.29) is 0 Å². The van der Waals surface area contributed by atoms with E-state index in [9.17, 15) is 0 Å². The third-order valence-electron chi connectivity index (χ3n) is 2.47. The summed E-state index contributed by atoms with van der Waals surface area (Å²) in [6.45, 7) is 6.41. The molecule has 1 aromatic carbocycles. The quantitative estimate of drug-likeness (QED) is 0.834. The van der Waals surface area contributed by atoms with Gasteiger partial charge in [0.15, 0.2) is 0 Å². The number of halogens is 1. The van der Waals surface area contributed by atoms with Gasteiger partial charge in [-0.2, -0.15) is 0 Å². The van der Waals surface area contributed by atoms with Gasteiger partial charge in [0, 0.05) is 29.6 Å². The SMILES string of the molecule is C=CCn1ccnc1Nc1ccc(C)c(Cl)c1. The highest BCUT2D eigenvalue weighted by molar-refractivity contribution is 6.31. The Morgan fingerprint density at radius 2 is 2.35 bits per heavy atom. The third kappa shape index (κ3) is 2.68. The summed E-state index contributed by atoms with van der Waals surface area (Å²) in [7, 11) is 0. The van der Waals surface area contributed by atoms with Crippen LogP contribution in [0.4, 0.5) is 11.6 Å². The second-order valence-electron chi connectivity index (χ2n) is 3.78. The Labute approximate surface area is 106 Å². The van der Waals surface area contributed by atoms with Crippen molar-refractivity contribution in [1.82, 2.24) is 9.55 Å². The molecule has 0 amide bonds. The van der Waals surface area contributed by atoms with E-state index in [2.05, 4.69) is 16.9 Å². The molecule has 0 aliphatic heterocycles. The molecule has 1 heterocycles. The van der Waals surface area contributed by atoms with E-state index in [1.54, 1.807) is 6.20 Å². The summed E-state index contributed by atoms with van der Waals surface area (Å²) in [6, 6.07) is 5.85. The van der Waals surface area contributed by atoms with E-state index in [0.29, 0.717) is 0 Å². The van der Waals surface area contributed by atoms with Gasteiger partial charge < -0.3 is 9.88 Å². The van der Waals surface area contributed by atoms with E-state index in [0.717, 1.165) is 28.8 Å². The third-order valence-corrected chi connectivity index (χ3v) is 2.88. The molecule has 0 atom stereocenters. The van der Waals surface area contributed by atoms with Crippen LogP contribution in [0.1, 0.15) is 5.56 Å².